The number of nitrogens with two attached hydrogens (primary N) is 1. The molecule has 1 aliphatic carbocycles. The maximum absolute atomic E-state index is 12.7. The van der Waals surface area contributed by atoms with Crippen LogP contribution in [0.2, 0.25) is 0 Å². The minimum absolute atomic E-state index is 0.0941. The van der Waals surface area contributed by atoms with Crippen LogP contribution in [0, 0.1) is 6.92 Å². The Hall–Kier alpha value is -1.55. The van der Waals surface area contributed by atoms with E-state index in [1.165, 1.54) is 25.7 Å². The molecule has 4 heteroatoms. The van der Waals surface area contributed by atoms with Gasteiger partial charge in [-0.25, -0.2) is 0 Å². The molecule has 0 atom stereocenters. The van der Waals surface area contributed by atoms with Crippen LogP contribution < -0.4 is 5.73 Å². The Bertz CT molecular complexity index is 495. The van der Waals surface area contributed by atoms with Gasteiger partial charge in [-0.1, -0.05) is 25.0 Å². The molecule has 1 aromatic rings. The number of nitrogens with zero attached hydrogens (tertiary/aromatic N) is 2. The Labute approximate surface area is 126 Å². The third-order valence-electron chi connectivity index (χ3n) is 4.96. The van der Waals surface area contributed by atoms with Crippen LogP contribution in [0.4, 0.5) is 5.69 Å². The Balaban J connectivity index is 1.65. The second-order valence-corrected chi connectivity index (χ2v) is 6.31. The lowest BCUT2D eigenvalue weighted by molar-refractivity contribution is 0.0573. The second-order valence-electron chi connectivity index (χ2n) is 6.31. The molecule has 2 fully saturated rings. The summed E-state index contributed by atoms with van der Waals surface area (Å²) < 4.78 is 0. The maximum atomic E-state index is 12.7. The lowest BCUT2D eigenvalue weighted by Gasteiger charge is -2.38. The maximum Gasteiger partial charge on any atom is 0.256 e. The summed E-state index contributed by atoms with van der Waals surface area (Å²) in [6.07, 6.45) is 5.39. The Morgan fingerprint density at radius 2 is 1.81 bits per heavy atom. The monoisotopic (exact) mass is 287 g/mol. The van der Waals surface area contributed by atoms with E-state index in [0.717, 1.165) is 37.8 Å². The fourth-order valence-corrected chi connectivity index (χ4v) is 3.70. The van der Waals surface area contributed by atoms with E-state index >= 15 is 0 Å². The SMILES string of the molecule is Cc1cccc(N)c1C(=O)N1CCN(C2CCCC2)CC1. The average molecular weight is 287 g/mol. The zero-order chi connectivity index (χ0) is 14.8. The van der Waals surface area contributed by atoms with Gasteiger partial charge in [0.05, 0.1) is 5.56 Å². The summed E-state index contributed by atoms with van der Waals surface area (Å²) in [7, 11) is 0. The summed E-state index contributed by atoms with van der Waals surface area (Å²) in [5, 5.41) is 0. The van der Waals surface area contributed by atoms with E-state index in [1.54, 1.807) is 0 Å². The minimum Gasteiger partial charge on any atom is -0.398 e. The van der Waals surface area contributed by atoms with E-state index in [9.17, 15) is 4.79 Å². The molecule has 2 aliphatic rings. The van der Waals surface area contributed by atoms with Crippen LogP contribution in [0.25, 0.3) is 0 Å². The van der Waals surface area contributed by atoms with Gasteiger partial charge in [0.25, 0.3) is 5.91 Å². The molecule has 0 aromatic heterocycles. The number of benzene rings is 1. The molecular weight excluding hydrogens is 262 g/mol. The van der Waals surface area contributed by atoms with Gasteiger partial charge >= 0.3 is 0 Å². The highest BCUT2D eigenvalue weighted by Gasteiger charge is 2.29. The van der Waals surface area contributed by atoms with Crippen molar-refractivity contribution in [2.24, 2.45) is 0 Å². The van der Waals surface area contributed by atoms with E-state index in [1.807, 2.05) is 30.0 Å². The van der Waals surface area contributed by atoms with E-state index in [4.69, 9.17) is 5.73 Å². The normalized spacial score (nSPS) is 20.9. The molecule has 2 N–H and O–H groups in total. The van der Waals surface area contributed by atoms with E-state index in [2.05, 4.69) is 4.90 Å². The van der Waals surface area contributed by atoms with Gasteiger partial charge in [-0.3, -0.25) is 9.69 Å². The van der Waals surface area contributed by atoms with Gasteiger partial charge < -0.3 is 10.6 Å². The largest absolute Gasteiger partial charge is 0.398 e. The molecule has 1 heterocycles. The number of nitrogen functional groups attached to an aromatic ring is 1. The highest BCUT2D eigenvalue weighted by molar-refractivity contribution is 6.00. The topological polar surface area (TPSA) is 49.6 Å². The first-order valence-electron chi connectivity index (χ1n) is 8.05. The molecular formula is C17H25N3O. The number of hydrogen-bond donors (Lipinski definition) is 1. The fraction of sp³-hybridized carbons (Fsp3) is 0.588. The van der Waals surface area contributed by atoms with Crippen molar-refractivity contribution < 1.29 is 4.79 Å². The first-order chi connectivity index (χ1) is 10.2. The van der Waals surface area contributed by atoms with Crippen LogP contribution in [0.15, 0.2) is 18.2 Å². The van der Waals surface area contributed by atoms with Crippen LogP contribution in [-0.4, -0.2) is 47.9 Å². The highest BCUT2D eigenvalue weighted by Crippen LogP contribution is 2.25. The van der Waals surface area contributed by atoms with Crippen molar-refractivity contribution >= 4 is 11.6 Å². The van der Waals surface area contributed by atoms with Crippen molar-refractivity contribution in [2.75, 3.05) is 31.9 Å². The Kier molecular flexibility index (Phi) is 4.15. The van der Waals surface area contributed by atoms with E-state index < -0.39 is 0 Å². The van der Waals surface area contributed by atoms with Crippen LogP contribution in [0.1, 0.15) is 41.6 Å². The first kappa shape index (κ1) is 14.4. The summed E-state index contributed by atoms with van der Waals surface area (Å²) >= 11 is 0. The number of piperazine rings is 1. The molecule has 1 aromatic carbocycles. The van der Waals surface area contributed by atoms with Gasteiger partial charge in [0, 0.05) is 37.9 Å². The number of rotatable bonds is 2. The van der Waals surface area contributed by atoms with Crippen LogP contribution in [-0.2, 0) is 0 Å². The van der Waals surface area contributed by atoms with Crippen molar-refractivity contribution in [2.45, 2.75) is 38.6 Å². The number of hydrogen-bond acceptors (Lipinski definition) is 3. The van der Waals surface area contributed by atoms with Crippen LogP contribution >= 0.6 is 0 Å². The van der Waals surface area contributed by atoms with Gasteiger partial charge in [-0.15, -0.1) is 0 Å². The third kappa shape index (κ3) is 2.91. The van der Waals surface area contributed by atoms with Crippen molar-refractivity contribution in [3.63, 3.8) is 0 Å². The van der Waals surface area contributed by atoms with Crippen molar-refractivity contribution in [1.29, 1.82) is 0 Å². The summed E-state index contributed by atoms with van der Waals surface area (Å²) in [6.45, 7) is 5.61. The molecule has 0 bridgehead atoms. The van der Waals surface area contributed by atoms with Crippen molar-refractivity contribution in [3.05, 3.63) is 29.3 Å². The summed E-state index contributed by atoms with van der Waals surface area (Å²) in [5.74, 6) is 0.0941. The molecule has 3 rings (SSSR count). The number of carbonyl (C=O) groups excluding carboxylic acids is 1. The second kappa shape index (κ2) is 6.06. The molecule has 0 radical (unpaired) electrons. The van der Waals surface area contributed by atoms with Crippen LogP contribution in [0.3, 0.4) is 0 Å². The van der Waals surface area contributed by atoms with Gasteiger partial charge in [0.2, 0.25) is 0 Å². The van der Waals surface area contributed by atoms with E-state index in [0.29, 0.717) is 11.3 Å². The predicted octanol–water partition coefficient (Wildman–Crippen LogP) is 2.28. The number of carbonyl (C=O) groups is 1. The third-order valence-corrected chi connectivity index (χ3v) is 4.96. The molecule has 1 saturated heterocycles. The Morgan fingerprint density at radius 1 is 1.14 bits per heavy atom. The zero-order valence-electron chi connectivity index (χ0n) is 12.8. The summed E-state index contributed by atoms with van der Waals surface area (Å²) in [4.78, 5) is 17.2. The number of amides is 1. The minimum atomic E-state index is 0.0941. The quantitative estimate of drug-likeness (QED) is 0.849. The zero-order valence-corrected chi connectivity index (χ0v) is 12.8. The molecule has 0 unspecified atom stereocenters. The van der Waals surface area contributed by atoms with Gasteiger partial charge in [-0.05, 0) is 31.4 Å². The summed E-state index contributed by atoms with van der Waals surface area (Å²) in [5.41, 5.74) is 8.25. The first-order valence-corrected chi connectivity index (χ1v) is 8.05. The van der Waals surface area contributed by atoms with Gasteiger partial charge in [0.1, 0.15) is 0 Å². The van der Waals surface area contributed by atoms with Gasteiger partial charge in [0.15, 0.2) is 0 Å². The lowest BCUT2D eigenvalue weighted by Crippen LogP contribution is -2.51. The molecule has 114 valence electrons. The van der Waals surface area contributed by atoms with Crippen molar-refractivity contribution in [3.8, 4) is 0 Å². The average Bonchev–Trinajstić information content (AvgIpc) is 3.01. The molecule has 1 saturated carbocycles. The lowest BCUT2D eigenvalue weighted by atomic mass is 10.0. The predicted molar refractivity (Wildman–Crippen MR) is 85.3 cm³/mol. The Morgan fingerprint density at radius 3 is 2.43 bits per heavy atom. The standard InChI is InChI=1S/C17H25N3O/c1-13-5-4-8-15(18)16(13)17(21)20-11-9-19(10-12-20)14-6-2-3-7-14/h4-5,8,14H,2-3,6-7,9-12,18H2,1H3. The highest BCUT2D eigenvalue weighted by atomic mass is 16.2. The number of anilines is 1. The molecule has 0 spiro atoms. The molecule has 1 amide bonds. The van der Waals surface area contributed by atoms with Crippen molar-refractivity contribution in [1.82, 2.24) is 9.80 Å². The van der Waals surface area contributed by atoms with Crippen LogP contribution in [0.5, 0.6) is 0 Å². The summed E-state index contributed by atoms with van der Waals surface area (Å²) in [6, 6.07) is 6.43. The van der Waals surface area contributed by atoms with Gasteiger partial charge in [-0.2, -0.15) is 0 Å². The fourth-order valence-electron chi connectivity index (χ4n) is 3.70. The molecule has 21 heavy (non-hydrogen) atoms. The molecule has 4 nitrogen and oxygen atoms in total. The molecule has 1 aliphatic heterocycles. The number of aryl methyl sites for hydroxylation is 1. The smallest absolute Gasteiger partial charge is 0.256 e. The van der Waals surface area contributed by atoms with E-state index in [-0.39, 0.29) is 5.91 Å².